The van der Waals surface area contributed by atoms with Crippen LogP contribution in [0.2, 0.25) is 5.15 Å². The van der Waals surface area contributed by atoms with Crippen LogP contribution < -0.4 is 5.32 Å². The molecule has 0 unspecified atom stereocenters. The molecule has 1 aromatic heterocycles. The third-order valence-corrected chi connectivity index (χ3v) is 5.35. The Kier molecular flexibility index (Phi) is 3.55. The van der Waals surface area contributed by atoms with E-state index in [1.54, 1.807) is 13.8 Å². The number of piperazine rings is 1. The normalized spacial score (nSPS) is 20.1. The van der Waals surface area contributed by atoms with Gasteiger partial charge >= 0.3 is 0 Å². The first-order chi connectivity index (χ1) is 8.76. The average Bonchev–Trinajstić information content (AvgIpc) is 2.33. The molecule has 1 aliphatic heterocycles. The van der Waals surface area contributed by atoms with E-state index in [-0.39, 0.29) is 22.5 Å². The molecule has 19 heavy (non-hydrogen) atoms. The van der Waals surface area contributed by atoms with Crippen molar-refractivity contribution in [3.8, 4) is 0 Å². The molecule has 0 spiro atoms. The van der Waals surface area contributed by atoms with Gasteiger partial charge in [0, 0.05) is 19.3 Å². The van der Waals surface area contributed by atoms with Crippen LogP contribution in [0, 0.1) is 0 Å². The van der Waals surface area contributed by atoms with Gasteiger partial charge in [-0.2, -0.15) is 4.31 Å². The van der Waals surface area contributed by atoms with E-state index in [0.717, 1.165) is 0 Å². The number of aromatic nitrogens is 1. The van der Waals surface area contributed by atoms with Gasteiger partial charge in [-0.3, -0.25) is 4.79 Å². The van der Waals surface area contributed by atoms with Crippen molar-refractivity contribution in [1.82, 2.24) is 14.6 Å². The third kappa shape index (κ3) is 2.45. The van der Waals surface area contributed by atoms with Crippen LogP contribution in [0.4, 0.5) is 0 Å². The number of halogens is 1. The molecule has 0 atom stereocenters. The Morgan fingerprint density at radius 3 is 2.68 bits per heavy atom. The SMILES string of the molecule is CC1(C)C(=O)NCCN1S(=O)(=O)c1ccc(Cl)nc1. The number of sulfonamides is 1. The van der Waals surface area contributed by atoms with Crippen molar-refractivity contribution >= 4 is 27.5 Å². The minimum Gasteiger partial charge on any atom is -0.353 e. The first-order valence-electron chi connectivity index (χ1n) is 5.69. The van der Waals surface area contributed by atoms with Gasteiger partial charge < -0.3 is 5.32 Å². The highest BCUT2D eigenvalue weighted by Crippen LogP contribution is 2.26. The molecule has 1 aliphatic rings. The molecule has 8 heteroatoms. The first-order valence-corrected chi connectivity index (χ1v) is 7.51. The summed E-state index contributed by atoms with van der Waals surface area (Å²) in [5.74, 6) is -0.316. The Morgan fingerprint density at radius 2 is 2.11 bits per heavy atom. The Balaban J connectivity index is 2.44. The van der Waals surface area contributed by atoms with Crippen molar-refractivity contribution < 1.29 is 13.2 Å². The van der Waals surface area contributed by atoms with Gasteiger partial charge in [-0.25, -0.2) is 13.4 Å². The lowest BCUT2D eigenvalue weighted by atomic mass is 10.0. The van der Waals surface area contributed by atoms with Crippen LogP contribution in [0.3, 0.4) is 0 Å². The number of carbonyl (C=O) groups excluding carboxylic acids is 1. The van der Waals surface area contributed by atoms with Crippen molar-refractivity contribution in [2.75, 3.05) is 13.1 Å². The molecule has 6 nitrogen and oxygen atoms in total. The molecule has 0 radical (unpaired) electrons. The lowest BCUT2D eigenvalue weighted by Crippen LogP contribution is -2.63. The number of carbonyl (C=O) groups is 1. The minimum absolute atomic E-state index is 0.0275. The maximum absolute atomic E-state index is 12.5. The van der Waals surface area contributed by atoms with E-state index in [1.807, 2.05) is 0 Å². The molecule has 0 saturated carbocycles. The molecule has 0 aromatic carbocycles. The predicted octanol–water partition coefficient (Wildman–Crippen LogP) is 0.634. The average molecular weight is 304 g/mol. The number of rotatable bonds is 2. The van der Waals surface area contributed by atoms with Gasteiger partial charge in [0.05, 0.1) is 0 Å². The lowest BCUT2D eigenvalue weighted by molar-refractivity contribution is -0.131. The molecule has 1 aromatic rings. The molecule has 2 heterocycles. The predicted molar refractivity (Wildman–Crippen MR) is 70.2 cm³/mol. The highest BCUT2D eigenvalue weighted by Gasteiger charge is 2.44. The topological polar surface area (TPSA) is 79.4 Å². The fourth-order valence-electron chi connectivity index (χ4n) is 1.94. The van der Waals surface area contributed by atoms with Crippen LogP contribution in [0.15, 0.2) is 23.2 Å². The molecule has 0 aliphatic carbocycles. The summed E-state index contributed by atoms with van der Waals surface area (Å²) in [4.78, 5) is 15.6. The van der Waals surface area contributed by atoms with Crippen molar-refractivity contribution in [2.45, 2.75) is 24.3 Å². The molecular weight excluding hydrogens is 290 g/mol. The number of hydrogen-bond donors (Lipinski definition) is 1. The fourth-order valence-corrected chi connectivity index (χ4v) is 3.75. The summed E-state index contributed by atoms with van der Waals surface area (Å²) in [6.45, 7) is 3.66. The fraction of sp³-hybridized carbons (Fsp3) is 0.455. The van der Waals surface area contributed by atoms with E-state index in [2.05, 4.69) is 10.3 Å². The number of hydrogen-bond acceptors (Lipinski definition) is 4. The van der Waals surface area contributed by atoms with Gasteiger partial charge in [-0.15, -0.1) is 0 Å². The molecule has 0 bridgehead atoms. The molecule has 104 valence electrons. The maximum Gasteiger partial charge on any atom is 0.245 e. The summed E-state index contributed by atoms with van der Waals surface area (Å²) >= 11 is 5.64. The second-order valence-corrected chi connectivity index (χ2v) is 6.96. The van der Waals surface area contributed by atoms with E-state index < -0.39 is 15.6 Å². The Hall–Kier alpha value is -1.18. The largest absolute Gasteiger partial charge is 0.353 e. The first kappa shape index (κ1) is 14.2. The van der Waals surface area contributed by atoms with Crippen LogP contribution in [-0.2, 0) is 14.8 Å². The zero-order chi connectivity index (χ0) is 14.3. The summed E-state index contributed by atoms with van der Waals surface area (Å²) in [6, 6.07) is 2.79. The van der Waals surface area contributed by atoms with Crippen molar-refractivity contribution in [2.24, 2.45) is 0 Å². The monoisotopic (exact) mass is 303 g/mol. The van der Waals surface area contributed by atoms with Crippen LogP contribution >= 0.6 is 11.6 Å². The lowest BCUT2D eigenvalue weighted by Gasteiger charge is -2.39. The second kappa shape index (κ2) is 4.73. The molecule has 2 rings (SSSR count). The summed E-state index contributed by atoms with van der Waals surface area (Å²) in [6.07, 6.45) is 1.19. The number of amides is 1. The molecule has 1 fully saturated rings. The standard InChI is InChI=1S/C11H14ClN3O3S/c1-11(2)10(16)13-5-6-15(11)19(17,18)8-3-4-9(12)14-7-8/h3-4,7H,5-6H2,1-2H3,(H,13,16). The zero-order valence-electron chi connectivity index (χ0n) is 10.6. The summed E-state index contributed by atoms with van der Waals surface area (Å²) < 4.78 is 26.2. The Labute approximate surface area is 116 Å². The highest BCUT2D eigenvalue weighted by atomic mass is 35.5. The maximum atomic E-state index is 12.5. The number of nitrogens with zero attached hydrogens (tertiary/aromatic N) is 2. The van der Waals surface area contributed by atoms with Crippen molar-refractivity contribution in [3.05, 3.63) is 23.5 Å². The van der Waals surface area contributed by atoms with Crippen LogP contribution in [0.25, 0.3) is 0 Å². The van der Waals surface area contributed by atoms with Gasteiger partial charge in [0.25, 0.3) is 0 Å². The van der Waals surface area contributed by atoms with Crippen molar-refractivity contribution in [3.63, 3.8) is 0 Å². The Morgan fingerprint density at radius 1 is 1.42 bits per heavy atom. The van der Waals surface area contributed by atoms with Crippen LogP contribution in [0.1, 0.15) is 13.8 Å². The van der Waals surface area contributed by atoms with Gasteiger partial charge in [-0.05, 0) is 26.0 Å². The van der Waals surface area contributed by atoms with Crippen LogP contribution in [-0.4, -0.2) is 42.2 Å². The Bertz CT molecular complexity index is 598. The van der Waals surface area contributed by atoms with E-state index >= 15 is 0 Å². The molecule has 1 saturated heterocycles. The van der Waals surface area contributed by atoms with E-state index in [0.29, 0.717) is 6.54 Å². The van der Waals surface area contributed by atoms with Gasteiger partial charge in [-0.1, -0.05) is 11.6 Å². The molecule has 1 N–H and O–H groups in total. The number of nitrogens with one attached hydrogen (secondary N) is 1. The smallest absolute Gasteiger partial charge is 0.245 e. The van der Waals surface area contributed by atoms with Crippen molar-refractivity contribution in [1.29, 1.82) is 0 Å². The molecular formula is C11H14ClN3O3S. The van der Waals surface area contributed by atoms with E-state index in [4.69, 9.17) is 11.6 Å². The van der Waals surface area contributed by atoms with E-state index in [1.165, 1.54) is 22.6 Å². The number of pyridine rings is 1. The summed E-state index contributed by atoms with van der Waals surface area (Å²) in [5, 5.41) is 2.87. The second-order valence-electron chi connectivity index (χ2n) is 4.71. The van der Waals surface area contributed by atoms with Gasteiger partial charge in [0.1, 0.15) is 15.6 Å². The summed E-state index contributed by atoms with van der Waals surface area (Å²) in [7, 11) is -3.77. The minimum atomic E-state index is -3.77. The third-order valence-electron chi connectivity index (χ3n) is 3.07. The van der Waals surface area contributed by atoms with Crippen LogP contribution in [0.5, 0.6) is 0 Å². The highest BCUT2D eigenvalue weighted by molar-refractivity contribution is 7.89. The van der Waals surface area contributed by atoms with Gasteiger partial charge in [0.15, 0.2) is 0 Å². The quantitative estimate of drug-likeness (QED) is 0.813. The summed E-state index contributed by atoms with van der Waals surface area (Å²) in [5.41, 5.74) is -1.13. The van der Waals surface area contributed by atoms with E-state index in [9.17, 15) is 13.2 Å². The molecule has 1 amide bonds. The van der Waals surface area contributed by atoms with Gasteiger partial charge in [0.2, 0.25) is 15.9 Å². The zero-order valence-corrected chi connectivity index (χ0v) is 12.1.